The van der Waals surface area contributed by atoms with Gasteiger partial charge in [0.1, 0.15) is 12.1 Å². The van der Waals surface area contributed by atoms with Crippen molar-refractivity contribution in [2.24, 2.45) is 0 Å². The Labute approximate surface area is 146 Å². The second-order valence-corrected chi connectivity index (χ2v) is 5.78. The topological polar surface area (TPSA) is 69.0 Å². The molecular weight excluding hydrogens is 316 g/mol. The van der Waals surface area contributed by atoms with Crippen LogP contribution in [0.25, 0.3) is 5.69 Å². The Morgan fingerprint density at radius 1 is 1.08 bits per heavy atom. The van der Waals surface area contributed by atoms with Crippen LogP contribution in [-0.2, 0) is 11.3 Å². The third-order valence-electron chi connectivity index (χ3n) is 3.92. The van der Waals surface area contributed by atoms with Crippen LogP contribution in [0.2, 0.25) is 0 Å². The van der Waals surface area contributed by atoms with Crippen molar-refractivity contribution in [1.82, 2.24) is 14.5 Å². The highest BCUT2D eigenvalue weighted by Gasteiger charge is 2.09. The molecule has 0 unspecified atom stereocenters. The summed E-state index contributed by atoms with van der Waals surface area (Å²) >= 11 is 0. The maximum absolute atomic E-state index is 12.4. The van der Waals surface area contributed by atoms with Crippen LogP contribution >= 0.6 is 0 Å². The zero-order valence-corrected chi connectivity index (χ0v) is 14.5. The van der Waals surface area contributed by atoms with Gasteiger partial charge in [-0.05, 0) is 50.2 Å². The van der Waals surface area contributed by atoms with Gasteiger partial charge in [-0.3, -0.25) is 4.79 Å². The molecule has 6 nitrogen and oxygen atoms in total. The van der Waals surface area contributed by atoms with Gasteiger partial charge in [0.15, 0.2) is 0 Å². The van der Waals surface area contributed by atoms with Crippen molar-refractivity contribution in [3.05, 3.63) is 71.4 Å². The summed E-state index contributed by atoms with van der Waals surface area (Å²) in [7, 11) is 1.59. The normalized spacial score (nSPS) is 10.7. The predicted molar refractivity (Wildman–Crippen MR) is 95.9 cm³/mol. The monoisotopic (exact) mass is 336 g/mol. The minimum atomic E-state index is -0.213. The Balaban J connectivity index is 1.76. The molecular formula is C19H20N4O2. The zero-order chi connectivity index (χ0) is 17.8. The van der Waals surface area contributed by atoms with Crippen molar-refractivity contribution in [2.45, 2.75) is 20.5 Å². The van der Waals surface area contributed by atoms with Crippen molar-refractivity contribution in [3.63, 3.8) is 0 Å². The lowest BCUT2D eigenvalue weighted by Gasteiger charge is -2.10. The fraction of sp³-hybridized carbons (Fsp3) is 0.211. The molecule has 0 saturated heterocycles. The molecule has 1 amide bonds. The number of nitrogens with zero attached hydrogens (tertiary/aromatic N) is 3. The second-order valence-electron chi connectivity index (χ2n) is 5.78. The number of anilines is 1. The van der Waals surface area contributed by atoms with Crippen molar-refractivity contribution in [2.75, 3.05) is 12.4 Å². The number of aryl methyl sites for hydroxylation is 2. The van der Waals surface area contributed by atoms with Gasteiger partial charge in [0.2, 0.25) is 0 Å². The molecule has 0 bridgehead atoms. The van der Waals surface area contributed by atoms with Gasteiger partial charge in [-0.2, -0.15) is 0 Å². The van der Waals surface area contributed by atoms with E-state index in [1.54, 1.807) is 25.3 Å². The summed E-state index contributed by atoms with van der Waals surface area (Å²) in [6.45, 7) is 4.48. The average molecular weight is 336 g/mol. The Kier molecular flexibility index (Phi) is 4.90. The fourth-order valence-corrected chi connectivity index (χ4v) is 2.72. The Bertz CT molecular complexity index is 865. The van der Waals surface area contributed by atoms with Crippen molar-refractivity contribution < 1.29 is 9.53 Å². The largest absolute Gasteiger partial charge is 0.378 e. The van der Waals surface area contributed by atoms with E-state index >= 15 is 0 Å². The Hall–Kier alpha value is -2.99. The SMILES string of the molecule is COCc1cc(NC(=O)c2ccc(-n3c(C)ccc3C)cc2)ncn1. The molecule has 3 aromatic rings. The van der Waals surface area contributed by atoms with Gasteiger partial charge in [-0.1, -0.05) is 0 Å². The molecule has 0 atom stereocenters. The molecule has 0 aliphatic rings. The third kappa shape index (κ3) is 3.75. The van der Waals surface area contributed by atoms with Gasteiger partial charge >= 0.3 is 0 Å². The summed E-state index contributed by atoms with van der Waals surface area (Å²) in [5.41, 5.74) is 4.61. The molecule has 6 heteroatoms. The number of ether oxygens (including phenoxy) is 1. The summed E-state index contributed by atoms with van der Waals surface area (Å²) in [6, 6.07) is 13.3. The number of carbonyl (C=O) groups excluding carboxylic acids is 1. The quantitative estimate of drug-likeness (QED) is 0.776. The highest BCUT2D eigenvalue weighted by atomic mass is 16.5. The maximum atomic E-state index is 12.4. The van der Waals surface area contributed by atoms with E-state index in [1.807, 2.05) is 12.1 Å². The summed E-state index contributed by atoms with van der Waals surface area (Å²) in [6.07, 6.45) is 1.41. The molecule has 0 saturated carbocycles. The number of carbonyl (C=O) groups is 1. The molecule has 2 aromatic heterocycles. The third-order valence-corrected chi connectivity index (χ3v) is 3.92. The number of amides is 1. The van der Waals surface area contributed by atoms with Gasteiger partial charge in [0.05, 0.1) is 12.3 Å². The smallest absolute Gasteiger partial charge is 0.256 e. The van der Waals surface area contributed by atoms with E-state index in [4.69, 9.17) is 4.74 Å². The van der Waals surface area contributed by atoms with E-state index in [9.17, 15) is 4.79 Å². The lowest BCUT2D eigenvalue weighted by molar-refractivity contribution is 0.102. The van der Waals surface area contributed by atoms with Crippen LogP contribution in [0.4, 0.5) is 5.82 Å². The van der Waals surface area contributed by atoms with Crippen LogP contribution < -0.4 is 5.32 Å². The van der Waals surface area contributed by atoms with Crippen LogP contribution in [0.15, 0.2) is 48.8 Å². The predicted octanol–water partition coefficient (Wildman–Crippen LogP) is 3.28. The molecule has 1 aromatic carbocycles. The van der Waals surface area contributed by atoms with E-state index in [2.05, 4.69) is 45.8 Å². The van der Waals surface area contributed by atoms with Crippen molar-refractivity contribution >= 4 is 11.7 Å². The van der Waals surface area contributed by atoms with Gasteiger partial charge in [0, 0.05) is 35.8 Å². The number of aromatic nitrogens is 3. The molecule has 1 N–H and O–H groups in total. The first kappa shape index (κ1) is 16.9. The lowest BCUT2D eigenvalue weighted by atomic mass is 10.2. The van der Waals surface area contributed by atoms with Crippen molar-refractivity contribution in [1.29, 1.82) is 0 Å². The van der Waals surface area contributed by atoms with E-state index < -0.39 is 0 Å². The van der Waals surface area contributed by atoms with Crippen LogP contribution in [0.5, 0.6) is 0 Å². The average Bonchev–Trinajstić information content (AvgIpc) is 2.94. The van der Waals surface area contributed by atoms with E-state index in [-0.39, 0.29) is 5.91 Å². The first-order chi connectivity index (χ1) is 12.1. The summed E-state index contributed by atoms with van der Waals surface area (Å²) in [5, 5.41) is 2.78. The summed E-state index contributed by atoms with van der Waals surface area (Å²) in [5.74, 6) is 0.239. The van der Waals surface area contributed by atoms with Gasteiger partial charge in [-0.15, -0.1) is 0 Å². The Morgan fingerprint density at radius 3 is 2.40 bits per heavy atom. The van der Waals surface area contributed by atoms with E-state index in [1.165, 1.54) is 6.33 Å². The minimum Gasteiger partial charge on any atom is -0.378 e. The zero-order valence-electron chi connectivity index (χ0n) is 14.5. The van der Waals surface area contributed by atoms with E-state index in [0.29, 0.717) is 23.7 Å². The molecule has 0 aliphatic carbocycles. The molecule has 3 rings (SSSR count). The van der Waals surface area contributed by atoms with Crippen LogP contribution in [-0.4, -0.2) is 27.6 Å². The first-order valence-electron chi connectivity index (χ1n) is 7.95. The van der Waals surface area contributed by atoms with Crippen LogP contribution in [0, 0.1) is 13.8 Å². The van der Waals surface area contributed by atoms with Crippen LogP contribution in [0.3, 0.4) is 0 Å². The standard InChI is InChI=1S/C19H20N4O2/c1-13-4-5-14(2)23(13)17-8-6-15(7-9-17)19(24)22-18-10-16(11-25-3)20-12-21-18/h4-10,12H,11H2,1-3H3,(H,20,21,22,24). The molecule has 25 heavy (non-hydrogen) atoms. The highest BCUT2D eigenvalue weighted by Crippen LogP contribution is 2.17. The van der Waals surface area contributed by atoms with Crippen LogP contribution in [0.1, 0.15) is 27.4 Å². The number of hydrogen-bond donors (Lipinski definition) is 1. The summed E-state index contributed by atoms with van der Waals surface area (Å²) < 4.78 is 7.18. The summed E-state index contributed by atoms with van der Waals surface area (Å²) in [4.78, 5) is 20.5. The molecule has 0 spiro atoms. The first-order valence-corrected chi connectivity index (χ1v) is 7.95. The molecule has 0 aliphatic heterocycles. The number of methoxy groups -OCH3 is 1. The lowest BCUT2D eigenvalue weighted by Crippen LogP contribution is -2.13. The number of hydrogen-bond acceptors (Lipinski definition) is 4. The molecule has 0 radical (unpaired) electrons. The number of rotatable bonds is 5. The van der Waals surface area contributed by atoms with Gasteiger partial charge < -0.3 is 14.6 Å². The molecule has 128 valence electrons. The Morgan fingerprint density at radius 2 is 1.76 bits per heavy atom. The highest BCUT2D eigenvalue weighted by molar-refractivity contribution is 6.03. The van der Waals surface area contributed by atoms with Gasteiger partial charge in [-0.25, -0.2) is 9.97 Å². The minimum absolute atomic E-state index is 0.213. The molecule has 0 fully saturated rings. The maximum Gasteiger partial charge on any atom is 0.256 e. The van der Waals surface area contributed by atoms with Gasteiger partial charge in [0.25, 0.3) is 5.91 Å². The van der Waals surface area contributed by atoms with Crippen molar-refractivity contribution in [3.8, 4) is 5.69 Å². The van der Waals surface area contributed by atoms with E-state index in [0.717, 1.165) is 17.1 Å². The number of nitrogens with one attached hydrogen (secondary N) is 1. The second kappa shape index (κ2) is 7.27. The molecule has 2 heterocycles. The number of benzene rings is 1. The fourth-order valence-electron chi connectivity index (χ4n) is 2.72.